The summed E-state index contributed by atoms with van der Waals surface area (Å²) in [5.74, 6) is -2.53. The third-order valence-corrected chi connectivity index (χ3v) is 2.52. The average Bonchev–Trinajstić information content (AvgIpc) is 2.16. The van der Waals surface area contributed by atoms with Gasteiger partial charge in [-0.1, -0.05) is 37.6 Å². The van der Waals surface area contributed by atoms with Crippen LogP contribution in [0.3, 0.4) is 0 Å². The predicted octanol–water partition coefficient (Wildman–Crippen LogP) is 2.53. The van der Waals surface area contributed by atoms with E-state index in [1.807, 2.05) is 13.0 Å². The van der Waals surface area contributed by atoms with Gasteiger partial charge in [0.25, 0.3) is 0 Å². The molecule has 1 N–H and O–H groups in total. The molecule has 0 aliphatic carbocycles. The molecule has 86 valence electrons. The molecule has 0 fully saturated rings. The molecule has 1 aromatic carbocycles. The number of Topliss-reactive ketones (excluding diaryl/α,β-unsaturated/α-hetero) is 1. The third-order valence-electron chi connectivity index (χ3n) is 2.52. The minimum absolute atomic E-state index is 0.203. The molecule has 1 aromatic rings. The van der Waals surface area contributed by atoms with Crippen LogP contribution in [-0.4, -0.2) is 16.9 Å². The van der Waals surface area contributed by atoms with Crippen LogP contribution < -0.4 is 0 Å². The van der Waals surface area contributed by atoms with E-state index in [-0.39, 0.29) is 11.7 Å². The van der Waals surface area contributed by atoms with Gasteiger partial charge in [-0.25, -0.2) is 0 Å². The molecule has 3 nitrogen and oxygen atoms in total. The average molecular weight is 220 g/mol. The van der Waals surface area contributed by atoms with E-state index in [0.717, 1.165) is 5.56 Å². The Morgan fingerprint density at radius 2 is 1.88 bits per heavy atom. The van der Waals surface area contributed by atoms with E-state index < -0.39 is 11.9 Å². The Morgan fingerprint density at radius 1 is 1.25 bits per heavy atom. The largest absolute Gasteiger partial charge is 0.481 e. The maximum Gasteiger partial charge on any atom is 0.314 e. The Bertz CT molecular complexity index is 407. The maximum absolute atomic E-state index is 12.0. The summed E-state index contributed by atoms with van der Waals surface area (Å²) in [6.45, 7) is 5.36. The number of aryl methyl sites for hydroxylation is 1. The normalized spacial score (nSPS) is 12.5. The van der Waals surface area contributed by atoms with Gasteiger partial charge in [0.1, 0.15) is 5.92 Å². The first-order valence-electron chi connectivity index (χ1n) is 5.27. The first-order valence-corrected chi connectivity index (χ1v) is 5.27. The predicted molar refractivity (Wildman–Crippen MR) is 61.5 cm³/mol. The number of benzene rings is 1. The SMILES string of the molecule is Cc1cccc(C(=O)C(C(=O)O)C(C)C)c1. The standard InChI is InChI=1S/C13H16O3/c1-8(2)11(13(15)16)12(14)10-6-4-5-9(3)7-10/h4-8,11H,1-3H3,(H,15,16). The Balaban J connectivity index is 3.04. The quantitative estimate of drug-likeness (QED) is 0.626. The fourth-order valence-electron chi connectivity index (χ4n) is 1.68. The molecule has 0 aliphatic heterocycles. The van der Waals surface area contributed by atoms with E-state index in [4.69, 9.17) is 5.11 Å². The Morgan fingerprint density at radius 3 is 2.31 bits per heavy atom. The summed E-state index contributed by atoms with van der Waals surface area (Å²) < 4.78 is 0. The number of hydrogen-bond acceptors (Lipinski definition) is 2. The topological polar surface area (TPSA) is 54.4 Å². The van der Waals surface area contributed by atoms with Crippen LogP contribution in [0.15, 0.2) is 24.3 Å². The Labute approximate surface area is 95.1 Å². The van der Waals surface area contributed by atoms with E-state index >= 15 is 0 Å². The first kappa shape index (κ1) is 12.4. The van der Waals surface area contributed by atoms with Gasteiger partial charge in [-0.3, -0.25) is 9.59 Å². The summed E-state index contributed by atoms with van der Waals surface area (Å²) in [5, 5.41) is 9.02. The zero-order valence-electron chi connectivity index (χ0n) is 9.73. The van der Waals surface area contributed by atoms with E-state index in [9.17, 15) is 9.59 Å². The summed E-state index contributed by atoms with van der Waals surface area (Å²) in [7, 11) is 0. The molecular formula is C13H16O3. The summed E-state index contributed by atoms with van der Waals surface area (Å²) >= 11 is 0. The van der Waals surface area contributed by atoms with Crippen molar-refractivity contribution in [1.29, 1.82) is 0 Å². The van der Waals surface area contributed by atoms with Crippen molar-refractivity contribution in [2.24, 2.45) is 11.8 Å². The highest BCUT2D eigenvalue weighted by atomic mass is 16.4. The lowest BCUT2D eigenvalue weighted by Gasteiger charge is -2.15. The van der Waals surface area contributed by atoms with Crippen LogP contribution in [0.1, 0.15) is 29.8 Å². The second-order valence-corrected chi connectivity index (χ2v) is 4.29. The van der Waals surface area contributed by atoms with Crippen LogP contribution in [0.4, 0.5) is 0 Å². The van der Waals surface area contributed by atoms with Gasteiger partial charge in [0.2, 0.25) is 0 Å². The second-order valence-electron chi connectivity index (χ2n) is 4.29. The molecule has 1 rings (SSSR count). The number of carboxylic acid groups (broad SMARTS) is 1. The number of ketones is 1. The van der Waals surface area contributed by atoms with E-state index in [0.29, 0.717) is 5.56 Å². The molecule has 0 bridgehead atoms. The van der Waals surface area contributed by atoms with Gasteiger partial charge in [0.15, 0.2) is 5.78 Å². The van der Waals surface area contributed by atoms with Crippen molar-refractivity contribution in [3.05, 3.63) is 35.4 Å². The van der Waals surface area contributed by atoms with Crippen LogP contribution in [0.25, 0.3) is 0 Å². The summed E-state index contributed by atoms with van der Waals surface area (Å²) in [4.78, 5) is 23.0. The smallest absolute Gasteiger partial charge is 0.314 e. The lowest BCUT2D eigenvalue weighted by Crippen LogP contribution is -2.28. The molecule has 0 radical (unpaired) electrons. The monoisotopic (exact) mass is 220 g/mol. The van der Waals surface area contributed by atoms with Crippen LogP contribution in [0, 0.1) is 18.8 Å². The van der Waals surface area contributed by atoms with Crippen molar-refractivity contribution in [1.82, 2.24) is 0 Å². The van der Waals surface area contributed by atoms with Crippen molar-refractivity contribution in [3.8, 4) is 0 Å². The van der Waals surface area contributed by atoms with Gasteiger partial charge in [-0.2, -0.15) is 0 Å². The van der Waals surface area contributed by atoms with Gasteiger partial charge < -0.3 is 5.11 Å². The summed E-state index contributed by atoms with van der Waals surface area (Å²) in [6, 6.07) is 7.03. The molecule has 0 heterocycles. The van der Waals surface area contributed by atoms with Crippen LogP contribution in [0.5, 0.6) is 0 Å². The van der Waals surface area contributed by atoms with E-state index in [2.05, 4.69) is 0 Å². The van der Waals surface area contributed by atoms with Crippen molar-refractivity contribution in [3.63, 3.8) is 0 Å². The van der Waals surface area contributed by atoms with Crippen molar-refractivity contribution >= 4 is 11.8 Å². The van der Waals surface area contributed by atoms with Crippen LogP contribution in [-0.2, 0) is 4.79 Å². The molecular weight excluding hydrogens is 204 g/mol. The Kier molecular flexibility index (Phi) is 3.82. The van der Waals surface area contributed by atoms with Crippen molar-refractivity contribution < 1.29 is 14.7 Å². The minimum atomic E-state index is -1.05. The molecule has 16 heavy (non-hydrogen) atoms. The number of carbonyl (C=O) groups excluding carboxylic acids is 1. The number of carbonyl (C=O) groups is 2. The molecule has 0 aliphatic rings. The van der Waals surface area contributed by atoms with Crippen LogP contribution >= 0.6 is 0 Å². The van der Waals surface area contributed by atoms with Crippen LogP contribution in [0.2, 0.25) is 0 Å². The molecule has 0 spiro atoms. The molecule has 0 saturated carbocycles. The lowest BCUT2D eigenvalue weighted by atomic mass is 9.88. The van der Waals surface area contributed by atoms with Gasteiger partial charge in [0.05, 0.1) is 0 Å². The molecule has 3 heteroatoms. The first-order chi connectivity index (χ1) is 7.43. The van der Waals surface area contributed by atoms with Gasteiger partial charge in [-0.05, 0) is 18.9 Å². The fraction of sp³-hybridized carbons (Fsp3) is 0.385. The Hall–Kier alpha value is -1.64. The zero-order chi connectivity index (χ0) is 12.3. The van der Waals surface area contributed by atoms with Gasteiger partial charge in [0, 0.05) is 5.56 Å². The molecule has 1 atom stereocenters. The zero-order valence-corrected chi connectivity index (χ0v) is 9.73. The highest BCUT2D eigenvalue weighted by Crippen LogP contribution is 2.18. The van der Waals surface area contributed by atoms with Gasteiger partial charge in [-0.15, -0.1) is 0 Å². The number of rotatable bonds is 4. The molecule has 0 aromatic heterocycles. The van der Waals surface area contributed by atoms with Crippen molar-refractivity contribution in [2.45, 2.75) is 20.8 Å². The second kappa shape index (κ2) is 4.92. The minimum Gasteiger partial charge on any atom is -0.481 e. The maximum atomic E-state index is 12.0. The summed E-state index contributed by atoms with van der Waals surface area (Å²) in [6.07, 6.45) is 0. The molecule has 0 amide bonds. The highest BCUT2D eigenvalue weighted by Gasteiger charge is 2.30. The number of aliphatic carboxylic acids is 1. The van der Waals surface area contributed by atoms with Crippen molar-refractivity contribution in [2.75, 3.05) is 0 Å². The third kappa shape index (κ3) is 2.69. The van der Waals surface area contributed by atoms with E-state index in [1.165, 1.54) is 0 Å². The van der Waals surface area contributed by atoms with E-state index in [1.54, 1.807) is 32.0 Å². The molecule has 0 saturated heterocycles. The number of carboxylic acids is 1. The molecule has 1 unspecified atom stereocenters. The summed E-state index contributed by atoms with van der Waals surface area (Å²) in [5.41, 5.74) is 1.43. The van der Waals surface area contributed by atoms with Gasteiger partial charge >= 0.3 is 5.97 Å². The highest BCUT2D eigenvalue weighted by molar-refractivity contribution is 6.08. The fourth-order valence-corrected chi connectivity index (χ4v) is 1.68. The number of hydrogen-bond donors (Lipinski definition) is 1. The lowest BCUT2D eigenvalue weighted by molar-refractivity contribution is -0.141.